The van der Waals surface area contributed by atoms with Crippen LogP contribution in [0.1, 0.15) is 57.0 Å². The number of hydrogen-bond acceptors (Lipinski definition) is 5. The molecule has 28 heavy (non-hydrogen) atoms. The van der Waals surface area contributed by atoms with Crippen molar-refractivity contribution in [2.45, 2.75) is 57.2 Å². The number of aliphatic hydroxyl groups is 1. The van der Waals surface area contributed by atoms with E-state index in [1.807, 2.05) is 12.3 Å². The number of aromatic amines is 1. The van der Waals surface area contributed by atoms with E-state index in [1.54, 1.807) is 13.1 Å². The molecule has 2 aliphatic rings. The summed E-state index contributed by atoms with van der Waals surface area (Å²) in [6.45, 7) is 3.77. The summed E-state index contributed by atoms with van der Waals surface area (Å²) in [5, 5.41) is 20.6. The first-order valence-corrected chi connectivity index (χ1v) is 10.3. The minimum Gasteiger partial charge on any atom is -0.385 e. The summed E-state index contributed by atoms with van der Waals surface area (Å²) in [6.07, 6.45) is 8.49. The number of rotatable bonds is 3. The third-order valence-electron chi connectivity index (χ3n) is 6.59. The van der Waals surface area contributed by atoms with E-state index in [2.05, 4.69) is 25.5 Å². The molecule has 0 unspecified atom stereocenters. The Bertz CT molecular complexity index is 1040. The number of hydrogen-bond donors (Lipinski definition) is 2. The number of nitrogens with one attached hydrogen (secondary N) is 1. The predicted molar refractivity (Wildman–Crippen MR) is 107 cm³/mol. The average molecular weight is 378 g/mol. The summed E-state index contributed by atoms with van der Waals surface area (Å²) in [7, 11) is 0. The highest BCUT2D eigenvalue weighted by Gasteiger charge is 2.33. The van der Waals surface area contributed by atoms with Gasteiger partial charge < -0.3 is 14.7 Å². The number of imidazole rings is 1. The van der Waals surface area contributed by atoms with Crippen LogP contribution in [0.3, 0.4) is 0 Å². The number of likely N-dealkylation sites (tertiary alicyclic amines) is 1. The van der Waals surface area contributed by atoms with Gasteiger partial charge in [-0.1, -0.05) is 0 Å². The Morgan fingerprint density at radius 1 is 1.25 bits per heavy atom. The quantitative estimate of drug-likeness (QED) is 0.729. The van der Waals surface area contributed by atoms with E-state index in [9.17, 15) is 10.4 Å². The van der Waals surface area contributed by atoms with Crippen LogP contribution in [0, 0.1) is 17.2 Å². The Morgan fingerprint density at radius 2 is 2.04 bits per heavy atom. The fourth-order valence-electron chi connectivity index (χ4n) is 5.18. The molecule has 2 N–H and O–H groups in total. The van der Waals surface area contributed by atoms with Gasteiger partial charge in [-0.15, -0.1) is 0 Å². The molecule has 0 spiro atoms. The Kier molecular flexibility index (Phi) is 4.33. The molecule has 0 amide bonds. The maximum absolute atomic E-state index is 10.4. The lowest BCUT2D eigenvalue weighted by molar-refractivity contribution is 0.151. The number of aromatic nitrogens is 4. The molecule has 146 valence electrons. The average Bonchev–Trinajstić information content (AvgIpc) is 3.44. The van der Waals surface area contributed by atoms with Crippen molar-refractivity contribution >= 4 is 22.1 Å². The molecule has 1 saturated heterocycles. The Morgan fingerprint density at radius 3 is 2.75 bits per heavy atom. The Balaban J connectivity index is 1.46. The van der Waals surface area contributed by atoms with Crippen LogP contribution in [0.15, 0.2) is 18.5 Å². The van der Waals surface area contributed by atoms with E-state index in [1.165, 1.54) is 0 Å². The SMILES string of the molecule is C[C@@H](O)c1nc2cnc3[nH]ccc3c2n1C1CCC(N2CC[C@@H](C#N)C2)CC1. The number of aliphatic hydroxyl groups excluding tert-OH is 1. The van der Waals surface area contributed by atoms with Crippen molar-refractivity contribution < 1.29 is 5.11 Å². The molecule has 4 heterocycles. The van der Waals surface area contributed by atoms with Gasteiger partial charge in [0.05, 0.1) is 23.7 Å². The molecule has 3 aromatic rings. The van der Waals surface area contributed by atoms with Crippen LogP contribution in [0.25, 0.3) is 22.1 Å². The summed E-state index contributed by atoms with van der Waals surface area (Å²) in [5.74, 6) is 0.936. The Labute approximate surface area is 164 Å². The molecule has 7 heteroatoms. The second-order valence-corrected chi connectivity index (χ2v) is 8.32. The highest BCUT2D eigenvalue weighted by Crippen LogP contribution is 2.38. The summed E-state index contributed by atoms with van der Waals surface area (Å²) in [5.41, 5.74) is 2.79. The zero-order valence-corrected chi connectivity index (χ0v) is 16.2. The lowest BCUT2D eigenvalue weighted by Crippen LogP contribution is -2.37. The zero-order chi connectivity index (χ0) is 19.3. The van der Waals surface area contributed by atoms with Gasteiger partial charge in [0.15, 0.2) is 0 Å². The van der Waals surface area contributed by atoms with Crippen LogP contribution in [0.4, 0.5) is 0 Å². The molecule has 0 aromatic carbocycles. The lowest BCUT2D eigenvalue weighted by atomic mass is 9.89. The first kappa shape index (κ1) is 17.7. The van der Waals surface area contributed by atoms with E-state index in [0.29, 0.717) is 12.1 Å². The maximum Gasteiger partial charge on any atom is 0.139 e. The van der Waals surface area contributed by atoms with E-state index in [4.69, 9.17) is 4.98 Å². The maximum atomic E-state index is 10.4. The fraction of sp³-hybridized carbons (Fsp3) is 0.571. The minimum absolute atomic E-state index is 0.200. The molecule has 0 bridgehead atoms. The van der Waals surface area contributed by atoms with Crippen LogP contribution in [-0.4, -0.2) is 48.7 Å². The van der Waals surface area contributed by atoms with Crippen molar-refractivity contribution in [3.63, 3.8) is 0 Å². The summed E-state index contributed by atoms with van der Waals surface area (Å²) in [6, 6.07) is 5.39. The summed E-state index contributed by atoms with van der Waals surface area (Å²) >= 11 is 0. The van der Waals surface area contributed by atoms with Crippen molar-refractivity contribution in [2.75, 3.05) is 13.1 Å². The highest BCUT2D eigenvalue weighted by molar-refractivity contribution is 6.01. The van der Waals surface area contributed by atoms with Crippen LogP contribution in [0.2, 0.25) is 0 Å². The summed E-state index contributed by atoms with van der Waals surface area (Å²) in [4.78, 5) is 14.9. The fourth-order valence-corrected chi connectivity index (χ4v) is 5.18. The monoisotopic (exact) mass is 378 g/mol. The molecule has 2 atom stereocenters. The predicted octanol–water partition coefficient (Wildman–Crippen LogP) is 3.30. The number of pyridine rings is 1. The van der Waals surface area contributed by atoms with E-state index >= 15 is 0 Å². The van der Waals surface area contributed by atoms with Gasteiger partial charge >= 0.3 is 0 Å². The lowest BCUT2D eigenvalue weighted by Gasteiger charge is -2.36. The first-order valence-electron chi connectivity index (χ1n) is 10.3. The summed E-state index contributed by atoms with van der Waals surface area (Å²) < 4.78 is 2.27. The van der Waals surface area contributed by atoms with E-state index < -0.39 is 6.10 Å². The molecule has 3 aromatic heterocycles. The largest absolute Gasteiger partial charge is 0.385 e. The van der Waals surface area contributed by atoms with Crippen LogP contribution in [0.5, 0.6) is 0 Å². The van der Waals surface area contributed by atoms with E-state index in [0.717, 1.165) is 73.1 Å². The smallest absolute Gasteiger partial charge is 0.139 e. The van der Waals surface area contributed by atoms with E-state index in [-0.39, 0.29) is 5.92 Å². The third-order valence-corrected chi connectivity index (χ3v) is 6.59. The molecule has 0 radical (unpaired) electrons. The van der Waals surface area contributed by atoms with Crippen molar-refractivity contribution in [2.24, 2.45) is 5.92 Å². The molecule has 5 rings (SSSR count). The number of nitrogens with zero attached hydrogens (tertiary/aromatic N) is 5. The highest BCUT2D eigenvalue weighted by atomic mass is 16.3. The van der Waals surface area contributed by atoms with Crippen molar-refractivity contribution in [1.29, 1.82) is 5.26 Å². The van der Waals surface area contributed by atoms with Crippen molar-refractivity contribution in [1.82, 2.24) is 24.4 Å². The van der Waals surface area contributed by atoms with Crippen molar-refractivity contribution in [3.05, 3.63) is 24.3 Å². The second-order valence-electron chi connectivity index (χ2n) is 8.32. The Hall–Kier alpha value is -2.43. The van der Waals surface area contributed by atoms with Gasteiger partial charge in [-0.2, -0.15) is 5.26 Å². The van der Waals surface area contributed by atoms with Gasteiger partial charge in [-0.25, -0.2) is 9.97 Å². The van der Waals surface area contributed by atoms with Crippen LogP contribution < -0.4 is 0 Å². The third kappa shape index (κ3) is 2.79. The van der Waals surface area contributed by atoms with Gasteiger partial charge in [0.25, 0.3) is 0 Å². The first-order chi connectivity index (χ1) is 13.7. The van der Waals surface area contributed by atoms with Crippen LogP contribution in [-0.2, 0) is 0 Å². The normalized spacial score (nSPS) is 27.4. The van der Waals surface area contributed by atoms with Gasteiger partial charge in [-0.3, -0.25) is 4.90 Å². The molecular weight excluding hydrogens is 352 g/mol. The number of nitriles is 1. The molecule has 1 aliphatic carbocycles. The second kappa shape index (κ2) is 6.87. The number of H-pyrrole nitrogens is 1. The molecular formula is C21H26N6O. The van der Waals surface area contributed by atoms with Gasteiger partial charge in [0.1, 0.15) is 23.1 Å². The minimum atomic E-state index is -0.617. The zero-order valence-electron chi connectivity index (χ0n) is 16.2. The van der Waals surface area contributed by atoms with Gasteiger partial charge in [0.2, 0.25) is 0 Å². The topological polar surface area (TPSA) is 93.8 Å². The van der Waals surface area contributed by atoms with Gasteiger partial charge in [0, 0.05) is 30.2 Å². The molecule has 7 nitrogen and oxygen atoms in total. The van der Waals surface area contributed by atoms with Crippen LogP contribution >= 0.6 is 0 Å². The number of fused-ring (bicyclic) bond motifs is 3. The van der Waals surface area contributed by atoms with Crippen molar-refractivity contribution in [3.8, 4) is 6.07 Å². The molecule has 1 saturated carbocycles. The molecule has 2 fully saturated rings. The van der Waals surface area contributed by atoms with Gasteiger partial charge in [-0.05, 0) is 51.6 Å². The standard InChI is InChI=1S/C21H26N6O/c1-13(28)21-25-18-11-24-20-17(6-8-23-20)19(18)27(21)16-4-2-15(3-5-16)26-9-7-14(10-22)12-26/h6,8,11,13-16,28H,2-5,7,9,12H2,1H3,(H,23,24)/t13-,14+,15?,16?/m1/s1. The molecule has 1 aliphatic heterocycles.